The van der Waals surface area contributed by atoms with Crippen molar-refractivity contribution in [3.8, 4) is 0 Å². The normalized spacial score (nSPS) is 22.0. The van der Waals surface area contributed by atoms with E-state index in [9.17, 15) is 4.79 Å². The summed E-state index contributed by atoms with van der Waals surface area (Å²) >= 11 is 0. The molecule has 0 spiro atoms. The van der Waals surface area contributed by atoms with Crippen LogP contribution < -0.4 is 5.32 Å². The standard InChI is InChI=1S/C10H19N3O2.C2H6/c14-10-9-15-8-7-13(10)6-5-12-3-1-11-2-4-12;1-2/h11H,1-9H2;1-2H3. The molecule has 2 aliphatic heterocycles. The van der Waals surface area contributed by atoms with E-state index in [1.807, 2.05) is 18.7 Å². The third kappa shape index (κ3) is 5.02. The molecule has 2 fully saturated rings. The lowest BCUT2D eigenvalue weighted by molar-refractivity contribution is -0.142. The summed E-state index contributed by atoms with van der Waals surface area (Å²) in [5, 5.41) is 3.32. The van der Waals surface area contributed by atoms with Gasteiger partial charge in [-0.1, -0.05) is 13.8 Å². The minimum Gasteiger partial charge on any atom is -0.370 e. The van der Waals surface area contributed by atoms with Gasteiger partial charge >= 0.3 is 0 Å². The van der Waals surface area contributed by atoms with Crippen molar-refractivity contribution in [3.63, 3.8) is 0 Å². The van der Waals surface area contributed by atoms with Crippen LogP contribution in [0.3, 0.4) is 0 Å². The lowest BCUT2D eigenvalue weighted by Crippen LogP contribution is -2.49. The lowest BCUT2D eigenvalue weighted by atomic mass is 10.3. The van der Waals surface area contributed by atoms with Crippen molar-refractivity contribution in [2.24, 2.45) is 0 Å². The summed E-state index contributed by atoms with van der Waals surface area (Å²) in [6, 6.07) is 0. The molecular weight excluding hydrogens is 218 g/mol. The predicted molar refractivity (Wildman–Crippen MR) is 68.1 cm³/mol. The zero-order valence-corrected chi connectivity index (χ0v) is 11.1. The fourth-order valence-corrected chi connectivity index (χ4v) is 1.98. The van der Waals surface area contributed by atoms with Gasteiger partial charge in [-0.25, -0.2) is 0 Å². The molecule has 0 radical (unpaired) electrons. The maximum absolute atomic E-state index is 11.4. The molecule has 1 N–H and O–H groups in total. The Morgan fingerprint density at radius 2 is 1.88 bits per heavy atom. The summed E-state index contributed by atoms with van der Waals surface area (Å²) in [7, 11) is 0. The van der Waals surface area contributed by atoms with E-state index in [2.05, 4.69) is 10.2 Å². The van der Waals surface area contributed by atoms with E-state index >= 15 is 0 Å². The van der Waals surface area contributed by atoms with E-state index in [-0.39, 0.29) is 12.5 Å². The molecular formula is C12H25N3O2. The largest absolute Gasteiger partial charge is 0.370 e. The van der Waals surface area contributed by atoms with Gasteiger partial charge in [-0.3, -0.25) is 9.69 Å². The monoisotopic (exact) mass is 243 g/mol. The van der Waals surface area contributed by atoms with Crippen LogP contribution in [0.5, 0.6) is 0 Å². The number of amides is 1. The Kier molecular flexibility index (Phi) is 7.16. The van der Waals surface area contributed by atoms with E-state index in [0.717, 1.165) is 45.8 Å². The summed E-state index contributed by atoms with van der Waals surface area (Å²) in [4.78, 5) is 15.7. The molecule has 100 valence electrons. The molecule has 0 bridgehead atoms. The molecule has 17 heavy (non-hydrogen) atoms. The molecule has 1 amide bonds. The van der Waals surface area contributed by atoms with Gasteiger partial charge in [-0.05, 0) is 0 Å². The van der Waals surface area contributed by atoms with Gasteiger partial charge in [-0.2, -0.15) is 0 Å². The molecule has 0 unspecified atom stereocenters. The Morgan fingerprint density at radius 3 is 2.53 bits per heavy atom. The number of hydrogen-bond acceptors (Lipinski definition) is 4. The number of carbonyl (C=O) groups excluding carboxylic acids is 1. The van der Waals surface area contributed by atoms with Gasteiger partial charge < -0.3 is 15.0 Å². The zero-order chi connectivity index (χ0) is 12.5. The molecule has 2 aliphatic rings. The number of hydrogen-bond donors (Lipinski definition) is 1. The van der Waals surface area contributed by atoms with Crippen molar-refractivity contribution in [3.05, 3.63) is 0 Å². The van der Waals surface area contributed by atoms with Crippen molar-refractivity contribution in [2.45, 2.75) is 13.8 Å². The molecule has 2 heterocycles. The summed E-state index contributed by atoms with van der Waals surface area (Å²) in [6.07, 6.45) is 0. The van der Waals surface area contributed by atoms with E-state index in [4.69, 9.17) is 4.74 Å². The van der Waals surface area contributed by atoms with Crippen LogP contribution in [-0.4, -0.2) is 74.7 Å². The average molecular weight is 243 g/mol. The van der Waals surface area contributed by atoms with Gasteiger partial charge in [0, 0.05) is 45.8 Å². The first-order chi connectivity index (χ1) is 8.36. The van der Waals surface area contributed by atoms with Crippen molar-refractivity contribution in [2.75, 3.05) is 59.0 Å². The third-order valence-corrected chi connectivity index (χ3v) is 2.98. The van der Waals surface area contributed by atoms with Gasteiger partial charge in [0.15, 0.2) is 0 Å². The summed E-state index contributed by atoms with van der Waals surface area (Å²) in [6.45, 7) is 11.9. The Labute approximate surface area is 104 Å². The van der Waals surface area contributed by atoms with Crippen LogP contribution in [0.4, 0.5) is 0 Å². The Balaban J connectivity index is 0.000000686. The van der Waals surface area contributed by atoms with Crippen LogP contribution in [0.2, 0.25) is 0 Å². The molecule has 0 aliphatic carbocycles. The zero-order valence-electron chi connectivity index (χ0n) is 11.1. The topological polar surface area (TPSA) is 44.8 Å². The number of nitrogens with one attached hydrogen (secondary N) is 1. The van der Waals surface area contributed by atoms with E-state index in [0.29, 0.717) is 6.61 Å². The fraction of sp³-hybridized carbons (Fsp3) is 0.917. The van der Waals surface area contributed by atoms with Gasteiger partial charge in [0.1, 0.15) is 6.61 Å². The SMILES string of the molecule is CC.O=C1COCCN1CCN1CCNCC1. The summed E-state index contributed by atoms with van der Waals surface area (Å²) in [5.74, 6) is 0.136. The molecule has 0 saturated carbocycles. The van der Waals surface area contributed by atoms with Crippen LogP contribution in [0.25, 0.3) is 0 Å². The van der Waals surface area contributed by atoms with Gasteiger partial charge in [0.2, 0.25) is 5.91 Å². The first-order valence-corrected chi connectivity index (χ1v) is 6.65. The van der Waals surface area contributed by atoms with E-state index in [1.165, 1.54) is 0 Å². The second-order valence-corrected chi connectivity index (χ2v) is 4.03. The molecule has 0 aromatic carbocycles. The van der Waals surface area contributed by atoms with Crippen molar-refractivity contribution >= 4 is 5.91 Å². The molecule has 0 atom stereocenters. The Hall–Kier alpha value is -0.650. The van der Waals surface area contributed by atoms with Crippen molar-refractivity contribution in [1.29, 1.82) is 0 Å². The third-order valence-electron chi connectivity index (χ3n) is 2.98. The molecule has 0 aromatic rings. The fourth-order valence-electron chi connectivity index (χ4n) is 1.98. The Bertz CT molecular complexity index is 218. The summed E-state index contributed by atoms with van der Waals surface area (Å²) < 4.78 is 5.09. The van der Waals surface area contributed by atoms with Gasteiger partial charge in [0.25, 0.3) is 0 Å². The predicted octanol–water partition coefficient (Wildman–Crippen LogP) is -0.223. The first-order valence-electron chi connectivity index (χ1n) is 6.65. The smallest absolute Gasteiger partial charge is 0.248 e. The highest BCUT2D eigenvalue weighted by Gasteiger charge is 2.19. The second-order valence-electron chi connectivity index (χ2n) is 4.03. The first kappa shape index (κ1) is 14.4. The van der Waals surface area contributed by atoms with E-state index in [1.54, 1.807) is 0 Å². The minimum absolute atomic E-state index is 0.136. The number of morpholine rings is 1. The Morgan fingerprint density at radius 1 is 1.18 bits per heavy atom. The van der Waals surface area contributed by atoms with Crippen LogP contribution >= 0.6 is 0 Å². The number of piperazine rings is 1. The maximum atomic E-state index is 11.4. The number of ether oxygens (including phenoxy) is 1. The highest BCUT2D eigenvalue weighted by atomic mass is 16.5. The van der Waals surface area contributed by atoms with Crippen LogP contribution in [0.1, 0.15) is 13.8 Å². The molecule has 5 nitrogen and oxygen atoms in total. The van der Waals surface area contributed by atoms with Gasteiger partial charge in [0.05, 0.1) is 6.61 Å². The van der Waals surface area contributed by atoms with Crippen LogP contribution in [0.15, 0.2) is 0 Å². The highest BCUT2D eigenvalue weighted by Crippen LogP contribution is 2.00. The molecule has 0 aromatic heterocycles. The van der Waals surface area contributed by atoms with Gasteiger partial charge in [-0.15, -0.1) is 0 Å². The molecule has 5 heteroatoms. The number of rotatable bonds is 3. The second kappa shape index (κ2) is 8.44. The highest BCUT2D eigenvalue weighted by molar-refractivity contribution is 5.77. The van der Waals surface area contributed by atoms with E-state index < -0.39 is 0 Å². The minimum atomic E-state index is 0.136. The quantitative estimate of drug-likeness (QED) is 0.744. The van der Waals surface area contributed by atoms with Crippen molar-refractivity contribution in [1.82, 2.24) is 15.1 Å². The maximum Gasteiger partial charge on any atom is 0.248 e. The summed E-state index contributed by atoms with van der Waals surface area (Å²) in [5.41, 5.74) is 0. The molecule has 2 saturated heterocycles. The number of nitrogens with zero attached hydrogens (tertiary/aromatic N) is 2. The van der Waals surface area contributed by atoms with Crippen molar-refractivity contribution < 1.29 is 9.53 Å². The number of carbonyl (C=O) groups is 1. The van der Waals surface area contributed by atoms with Crippen LogP contribution in [-0.2, 0) is 9.53 Å². The lowest BCUT2D eigenvalue weighted by Gasteiger charge is -2.32. The molecule has 2 rings (SSSR count). The van der Waals surface area contributed by atoms with Crippen LogP contribution in [0, 0.1) is 0 Å². The average Bonchev–Trinajstić information content (AvgIpc) is 2.41.